The number of nitrogens with zero attached hydrogens (tertiary/aromatic N) is 2. The Balaban J connectivity index is 1.95. The molecule has 0 aromatic heterocycles. The van der Waals surface area contributed by atoms with Crippen LogP contribution in [0, 0.1) is 24.0 Å². The lowest BCUT2D eigenvalue weighted by Crippen LogP contribution is -2.37. The molecule has 0 aliphatic carbocycles. The highest BCUT2D eigenvalue weighted by molar-refractivity contribution is 5.95. The van der Waals surface area contributed by atoms with E-state index in [2.05, 4.69) is 5.32 Å². The SMILES string of the molecule is COc1ccc(OCC(=O)N(C)CC(=O)Nc2cc(C)ccc2C)c([N+](=O)[O-])c1. The van der Waals surface area contributed by atoms with Crippen molar-refractivity contribution in [2.45, 2.75) is 13.8 Å². The predicted molar refractivity (Wildman–Crippen MR) is 107 cm³/mol. The zero-order valence-electron chi connectivity index (χ0n) is 16.7. The van der Waals surface area contributed by atoms with Crippen LogP contribution in [0.5, 0.6) is 11.5 Å². The minimum atomic E-state index is -0.621. The van der Waals surface area contributed by atoms with Crippen molar-refractivity contribution in [3.05, 3.63) is 57.6 Å². The van der Waals surface area contributed by atoms with E-state index in [1.165, 1.54) is 37.3 Å². The molecule has 29 heavy (non-hydrogen) atoms. The van der Waals surface area contributed by atoms with E-state index in [1.807, 2.05) is 32.0 Å². The van der Waals surface area contributed by atoms with Gasteiger partial charge in [0, 0.05) is 12.7 Å². The fourth-order valence-electron chi connectivity index (χ4n) is 2.50. The van der Waals surface area contributed by atoms with Crippen LogP contribution in [0.4, 0.5) is 11.4 Å². The molecule has 0 saturated heterocycles. The average molecular weight is 401 g/mol. The number of hydrogen-bond donors (Lipinski definition) is 1. The van der Waals surface area contributed by atoms with Crippen LogP contribution in [0.15, 0.2) is 36.4 Å². The first-order valence-corrected chi connectivity index (χ1v) is 8.77. The molecule has 0 bridgehead atoms. The largest absolute Gasteiger partial charge is 0.496 e. The summed E-state index contributed by atoms with van der Waals surface area (Å²) in [6.07, 6.45) is 0. The maximum absolute atomic E-state index is 12.3. The quantitative estimate of drug-likeness (QED) is 0.538. The summed E-state index contributed by atoms with van der Waals surface area (Å²) in [6, 6.07) is 9.75. The highest BCUT2D eigenvalue weighted by Gasteiger charge is 2.19. The number of ether oxygens (including phenoxy) is 2. The van der Waals surface area contributed by atoms with Gasteiger partial charge in [-0.1, -0.05) is 12.1 Å². The summed E-state index contributed by atoms with van der Waals surface area (Å²) in [7, 11) is 2.85. The monoisotopic (exact) mass is 401 g/mol. The molecule has 0 spiro atoms. The highest BCUT2D eigenvalue weighted by Crippen LogP contribution is 2.31. The van der Waals surface area contributed by atoms with Crippen LogP contribution >= 0.6 is 0 Å². The lowest BCUT2D eigenvalue weighted by molar-refractivity contribution is -0.385. The van der Waals surface area contributed by atoms with Crippen molar-refractivity contribution in [1.82, 2.24) is 4.90 Å². The predicted octanol–water partition coefficient (Wildman–Crippen LogP) is 2.70. The molecule has 0 atom stereocenters. The van der Waals surface area contributed by atoms with E-state index in [0.717, 1.165) is 11.1 Å². The van der Waals surface area contributed by atoms with Crippen molar-refractivity contribution in [2.24, 2.45) is 0 Å². The summed E-state index contributed by atoms with van der Waals surface area (Å²) in [4.78, 5) is 36.2. The van der Waals surface area contributed by atoms with E-state index in [4.69, 9.17) is 9.47 Å². The molecule has 0 fully saturated rings. The Hall–Kier alpha value is -3.62. The van der Waals surface area contributed by atoms with Crippen LogP contribution in [0.1, 0.15) is 11.1 Å². The minimum absolute atomic E-state index is 0.0580. The van der Waals surface area contributed by atoms with Gasteiger partial charge in [0.1, 0.15) is 5.75 Å². The lowest BCUT2D eigenvalue weighted by atomic mass is 10.1. The van der Waals surface area contributed by atoms with Gasteiger partial charge in [0.05, 0.1) is 24.6 Å². The van der Waals surface area contributed by atoms with Crippen molar-refractivity contribution < 1.29 is 24.0 Å². The number of rotatable bonds is 8. The number of nitro groups is 1. The number of nitrogens with one attached hydrogen (secondary N) is 1. The van der Waals surface area contributed by atoms with Crippen LogP contribution in [-0.4, -0.2) is 48.9 Å². The summed E-state index contributed by atoms with van der Waals surface area (Å²) >= 11 is 0. The first-order chi connectivity index (χ1) is 13.7. The van der Waals surface area contributed by atoms with E-state index in [1.54, 1.807) is 0 Å². The van der Waals surface area contributed by atoms with Gasteiger partial charge < -0.3 is 19.7 Å². The Labute approximate surface area is 168 Å². The number of carbonyl (C=O) groups is 2. The zero-order valence-corrected chi connectivity index (χ0v) is 16.7. The van der Waals surface area contributed by atoms with Gasteiger partial charge in [-0.15, -0.1) is 0 Å². The fourth-order valence-corrected chi connectivity index (χ4v) is 2.50. The molecule has 2 aromatic carbocycles. The summed E-state index contributed by atoms with van der Waals surface area (Å²) in [6.45, 7) is 3.17. The number of anilines is 1. The van der Waals surface area contributed by atoms with Crippen molar-refractivity contribution in [1.29, 1.82) is 0 Å². The van der Waals surface area contributed by atoms with E-state index >= 15 is 0 Å². The number of benzene rings is 2. The Morgan fingerprint density at radius 1 is 1.17 bits per heavy atom. The second-order valence-electron chi connectivity index (χ2n) is 6.50. The van der Waals surface area contributed by atoms with Crippen LogP contribution in [0.3, 0.4) is 0 Å². The van der Waals surface area contributed by atoms with E-state index in [-0.39, 0.29) is 23.9 Å². The van der Waals surface area contributed by atoms with E-state index in [9.17, 15) is 19.7 Å². The van der Waals surface area contributed by atoms with Crippen molar-refractivity contribution in [3.63, 3.8) is 0 Å². The minimum Gasteiger partial charge on any atom is -0.496 e. The fraction of sp³-hybridized carbons (Fsp3) is 0.300. The summed E-state index contributed by atoms with van der Waals surface area (Å²) in [5, 5.41) is 13.9. The van der Waals surface area contributed by atoms with Crippen LogP contribution in [0.2, 0.25) is 0 Å². The molecule has 1 N–H and O–H groups in total. The molecule has 9 nitrogen and oxygen atoms in total. The normalized spacial score (nSPS) is 10.2. The van der Waals surface area contributed by atoms with Gasteiger partial charge in [0.25, 0.3) is 5.91 Å². The number of hydrogen-bond acceptors (Lipinski definition) is 6. The maximum atomic E-state index is 12.3. The Morgan fingerprint density at radius 2 is 1.90 bits per heavy atom. The van der Waals surface area contributed by atoms with Crippen LogP contribution in [0.25, 0.3) is 0 Å². The molecule has 9 heteroatoms. The summed E-state index contributed by atoms with van der Waals surface area (Å²) < 4.78 is 10.2. The topological polar surface area (TPSA) is 111 Å². The molecule has 2 amide bonds. The van der Waals surface area contributed by atoms with Gasteiger partial charge in [-0.2, -0.15) is 0 Å². The van der Waals surface area contributed by atoms with Gasteiger partial charge in [0.2, 0.25) is 5.91 Å². The number of aryl methyl sites for hydroxylation is 2. The Kier molecular flexibility index (Phi) is 7.13. The third kappa shape index (κ3) is 5.93. The van der Waals surface area contributed by atoms with Crippen molar-refractivity contribution in [2.75, 3.05) is 32.6 Å². The molecule has 0 aliphatic rings. The van der Waals surface area contributed by atoms with Gasteiger partial charge in [-0.05, 0) is 43.2 Å². The van der Waals surface area contributed by atoms with Gasteiger partial charge in [-0.25, -0.2) is 0 Å². The smallest absolute Gasteiger partial charge is 0.314 e. The van der Waals surface area contributed by atoms with Gasteiger partial charge in [-0.3, -0.25) is 19.7 Å². The number of likely N-dealkylation sites (N-methyl/N-ethyl adjacent to an activating group) is 1. The van der Waals surface area contributed by atoms with Crippen LogP contribution in [-0.2, 0) is 9.59 Å². The highest BCUT2D eigenvalue weighted by atomic mass is 16.6. The lowest BCUT2D eigenvalue weighted by Gasteiger charge is -2.18. The van der Waals surface area contributed by atoms with E-state index < -0.39 is 17.4 Å². The Bertz CT molecular complexity index is 928. The third-order valence-electron chi connectivity index (χ3n) is 4.19. The molecule has 2 rings (SSSR count). The van der Waals surface area contributed by atoms with Crippen molar-refractivity contribution in [3.8, 4) is 11.5 Å². The first-order valence-electron chi connectivity index (χ1n) is 8.77. The second kappa shape index (κ2) is 9.54. The van der Waals surface area contributed by atoms with Gasteiger partial charge >= 0.3 is 5.69 Å². The first kappa shape index (κ1) is 21.7. The molecule has 154 valence electrons. The maximum Gasteiger partial charge on any atom is 0.314 e. The van der Waals surface area contributed by atoms with Crippen molar-refractivity contribution >= 4 is 23.2 Å². The number of amides is 2. The molecule has 0 aliphatic heterocycles. The molecule has 0 radical (unpaired) electrons. The summed E-state index contributed by atoms with van der Waals surface area (Å²) in [5.41, 5.74) is 2.28. The molecule has 0 heterocycles. The van der Waals surface area contributed by atoms with Gasteiger partial charge in [0.15, 0.2) is 12.4 Å². The number of nitro benzene ring substituents is 1. The van der Waals surface area contributed by atoms with Crippen LogP contribution < -0.4 is 14.8 Å². The second-order valence-corrected chi connectivity index (χ2v) is 6.50. The molecular formula is C20H23N3O6. The number of carbonyl (C=O) groups excluding carboxylic acids is 2. The number of methoxy groups -OCH3 is 1. The summed E-state index contributed by atoms with van der Waals surface area (Å²) in [5.74, 6) is -0.607. The van der Waals surface area contributed by atoms with E-state index in [0.29, 0.717) is 11.4 Å². The third-order valence-corrected chi connectivity index (χ3v) is 4.19. The Morgan fingerprint density at radius 3 is 2.55 bits per heavy atom. The molecule has 0 unspecified atom stereocenters. The standard InChI is InChI=1S/C20H23N3O6/c1-13-5-6-14(2)16(9-13)21-19(24)11-22(3)20(25)12-29-18-8-7-15(28-4)10-17(18)23(26)27/h5-10H,11-12H2,1-4H3,(H,21,24). The molecular weight excluding hydrogens is 378 g/mol. The average Bonchev–Trinajstić information content (AvgIpc) is 2.68. The zero-order chi connectivity index (χ0) is 21.6. The molecule has 0 saturated carbocycles. The molecule has 2 aromatic rings.